The second-order valence-electron chi connectivity index (χ2n) is 7.59. The van der Waals surface area contributed by atoms with E-state index in [9.17, 15) is 4.79 Å². The Labute approximate surface area is 188 Å². The van der Waals surface area contributed by atoms with Crippen molar-refractivity contribution in [3.05, 3.63) is 78.1 Å². The standard InChI is InChI=1S/C25H28N2O5/c1-29-14-15-31-18-19-8-10-20(11-9-19)32-21-16-27(17-21)23-7-5-6-22(25(28)30-2)24(23)26-12-3-4-13-26/h3-13,21H,14-18H2,1-2H3. The third-order valence-electron chi connectivity index (χ3n) is 5.40. The molecule has 168 valence electrons. The summed E-state index contributed by atoms with van der Waals surface area (Å²) in [7, 11) is 3.06. The minimum absolute atomic E-state index is 0.0816. The highest BCUT2D eigenvalue weighted by Gasteiger charge is 2.32. The van der Waals surface area contributed by atoms with Crippen LogP contribution in [0.25, 0.3) is 5.69 Å². The number of methoxy groups -OCH3 is 2. The monoisotopic (exact) mass is 436 g/mol. The van der Waals surface area contributed by atoms with Gasteiger partial charge in [-0.05, 0) is 42.0 Å². The van der Waals surface area contributed by atoms with Crippen molar-refractivity contribution in [1.29, 1.82) is 0 Å². The highest BCUT2D eigenvalue weighted by Crippen LogP contribution is 2.33. The van der Waals surface area contributed by atoms with Gasteiger partial charge in [-0.2, -0.15) is 0 Å². The quantitative estimate of drug-likeness (QED) is 0.357. The van der Waals surface area contributed by atoms with Gasteiger partial charge in [-0.25, -0.2) is 4.79 Å². The fourth-order valence-electron chi connectivity index (χ4n) is 3.71. The lowest BCUT2D eigenvalue weighted by Crippen LogP contribution is -2.54. The fourth-order valence-corrected chi connectivity index (χ4v) is 3.71. The summed E-state index contributed by atoms with van der Waals surface area (Å²) >= 11 is 0. The van der Waals surface area contributed by atoms with E-state index < -0.39 is 0 Å². The van der Waals surface area contributed by atoms with E-state index in [1.165, 1.54) is 7.11 Å². The minimum Gasteiger partial charge on any atom is -0.487 e. The Balaban J connectivity index is 1.39. The number of ether oxygens (including phenoxy) is 4. The summed E-state index contributed by atoms with van der Waals surface area (Å²) in [5, 5.41) is 0. The molecule has 0 N–H and O–H groups in total. The Bertz CT molecular complexity index is 1010. The number of carbonyl (C=O) groups is 1. The predicted octanol–water partition coefficient (Wildman–Crippen LogP) is 3.69. The van der Waals surface area contributed by atoms with Crippen molar-refractivity contribution in [2.75, 3.05) is 45.4 Å². The number of nitrogens with zero attached hydrogens (tertiary/aromatic N) is 2. The number of para-hydroxylation sites is 1. The number of benzene rings is 2. The molecule has 0 radical (unpaired) electrons. The molecule has 0 amide bonds. The van der Waals surface area contributed by atoms with Gasteiger partial charge in [0.15, 0.2) is 0 Å². The van der Waals surface area contributed by atoms with E-state index >= 15 is 0 Å². The van der Waals surface area contributed by atoms with E-state index in [-0.39, 0.29) is 12.1 Å². The molecule has 1 fully saturated rings. The van der Waals surface area contributed by atoms with Crippen LogP contribution in [-0.2, 0) is 20.8 Å². The van der Waals surface area contributed by atoms with Crippen molar-refractivity contribution in [1.82, 2.24) is 4.57 Å². The van der Waals surface area contributed by atoms with Gasteiger partial charge in [-0.15, -0.1) is 0 Å². The van der Waals surface area contributed by atoms with Gasteiger partial charge in [0.05, 0.1) is 57.0 Å². The Morgan fingerprint density at radius 3 is 2.41 bits per heavy atom. The molecule has 7 nitrogen and oxygen atoms in total. The smallest absolute Gasteiger partial charge is 0.340 e. The van der Waals surface area contributed by atoms with Crippen LogP contribution in [0.2, 0.25) is 0 Å². The van der Waals surface area contributed by atoms with Crippen molar-refractivity contribution in [3.63, 3.8) is 0 Å². The van der Waals surface area contributed by atoms with Crippen LogP contribution in [0.5, 0.6) is 5.75 Å². The summed E-state index contributed by atoms with van der Waals surface area (Å²) in [6.45, 7) is 3.20. The van der Waals surface area contributed by atoms with Crippen molar-refractivity contribution in [2.24, 2.45) is 0 Å². The van der Waals surface area contributed by atoms with Crippen molar-refractivity contribution in [2.45, 2.75) is 12.7 Å². The minimum atomic E-state index is -0.352. The zero-order chi connectivity index (χ0) is 22.3. The second-order valence-corrected chi connectivity index (χ2v) is 7.59. The molecule has 0 spiro atoms. The van der Waals surface area contributed by atoms with Gasteiger partial charge in [0.1, 0.15) is 11.9 Å². The molecule has 1 saturated heterocycles. The van der Waals surface area contributed by atoms with Gasteiger partial charge >= 0.3 is 5.97 Å². The first-order valence-corrected chi connectivity index (χ1v) is 10.6. The zero-order valence-electron chi connectivity index (χ0n) is 18.4. The number of carbonyl (C=O) groups excluding carboxylic acids is 1. The van der Waals surface area contributed by atoms with Gasteiger partial charge < -0.3 is 28.4 Å². The molecule has 32 heavy (non-hydrogen) atoms. The van der Waals surface area contributed by atoms with Gasteiger partial charge in [-0.1, -0.05) is 18.2 Å². The van der Waals surface area contributed by atoms with E-state index in [4.69, 9.17) is 18.9 Å². The average Bonchev–Trinajstić information content (AvgIpc) is 3.33. The SMILES string of the molecule is COCCOCc1ccc(OC2CN(c3cccc(C(=O)OC)c3-n3cccc3)C2)cc1. The third-order valence-corrected chi connectivity index (χ3v) is 5.40. The molecule has 4 rings (SSSR count). The molecule has 0 atom stereocenters. The topological polar surface area (TPSA) is 62.2 Å². The van der Waals surface area contributed by atoms with E-state index in [0.29, 0.717) is 25.4 Å². The van der Waals surface area contributed by atoms with Crippen LogP contribution in [0.4, 0.5) is 5.69 Å². The fraction of sp³-hybridized carbons (Fsp3) is 0.320. The lowest BCUT2D eigenvalue weighted by atomic mass is 10.1. The Hall–Kier alpha value is -3.29. The Kier molecular flexibility index (Phi) is 7.09. The summed E-state index contributed by atoms with van der Waals surface area (Å²) in [6.07, 6.45) is 3.94. The highest BCUT2D eigenvalue weighted by molar-refractivity contribution is 5.96. The predicted molar refractivity (Wildman–Crippen MR) is 122 cm³/mol. The molecule has 2 heterocycles. The van der Waals surface area contributed by atoms with Crippen molar-refractivity contribution in [3.8, 4) is 11.4 Å². The molecule has 2 aromatic carbocycles. The van der Waals surface area contributed by atoms with Gasteiger partial charge in [0.2, 0.25) is 0 Å². The van der Waals surface area contributed by atoms with Crippen LogP contribution >= 0.6 is 0 Å². The second kappa shape index (κ2) is 10.3. The number of hydrogen-bond donors (Lipinski definition) is 0. The summed E-state index contributed by atoms with van der Waals surface area (Å²) in [4.78, 5) is 14.6. The van der Waals surface area contributed by atoms with Gasteiger partial charge in [0, 0.05) is 19.5 Å². The molecule has 0 aliphatic carbocycles. The lowest BCUT2D eigenvalue weighted by Gasteiger charge is -2.41. The average molecular weight is 437 g/mol. The number of hydrogen-bond acceptors (Lipinski definition) is 6. The Morgan fingerprint density at radius 1 is 0.969 bits per heavy atom. The van der Waals surface area contributed by atoms with Crippen LogP contribution in [0.1, 0.15) is 15.9 Å². The molecule has 0 bridgehead atoms. The summed E-state index contributed by atoms with van der Waals surface area (Å²) < 4.78 is 23.6. The molecule has 3 aromatic rings. The van der Waals surface area contributed by atoms with Gasteiger partial charge in [0.25, 0.3) is 0 Å². The summed E-state index contributed by atoms with van der Waals surface area (Å²) in [6, 6.07) is 17.6. The van der Waals surface area contributed by atoms with E-state index in [1.807, 2.05) is 65.5 Å². The molecule has 0 unspecified atom stereocenters. The van der Waals surface area contributed by atoms with Crippen molar-refractivity contribution < 1.29 is 23.7 Å². The molecule has 1 aliphatic heterocycles. The molecular formula is C25H28N2O5. The maximum atomic E-state index is 12.3. The molecule has 1 aromatic heterocycles. The molecule has 7 heteroatoms. The van der Waals surface area contributed by atoms with Crippen LogP contribution in [0.3, 0.4) is 0 Å². The van der Waals surface area contributed by atoms with Crippen molar-refractivity contribution >= 4 is 11.7 Å². The van der Waals surface area contributed by atoms with Crippen LogP contribution in [-0.4, -0.2) is 57.2 Å². The normalized spacial score (nSPS) is 13.6. The largest absolute Gasteiger partial charge is 0.487 e. The first-order valence-electron chi connectivity index (χ1n) is 10.6. The third kappa shape index (κ3) is 4.95. The summed E-state index contributed by atoms with van der Waals surface area (Å²) in [5.74, 6) is 0.486. The summed E-state index contributed by atoms with van der Waals surface area (Å²) in [5.41, 5.74) is 3.43. The first-order chi connectivity index (χ1) is 15.7. The highest BCUT2D eigenvalue weighted by atomic mass is 16.5. The van der Waals surface area contributed by atoms with E-state index in [1.54, 1.807) is 13.2 Å². The maximum absolute atomic E-state index is 12.3. The Morgan fingerprint density at radius 2 is 1.72 bits per heavy atom. The van der Waals surface area contributed by atoms with E-state index in [0.717, 1.165) is 35.8 Å². The van der Waals surface area contributed by atoms with Crippen LogP contribution in [0, 0.1) is 0 Å². The number of aromatic nitrogens is 1. The van der Waals surface area contributed by atoms with E-state index in [2.05, 4.69) is 4.90 Å². The first kappa shape index (κ1) is 21.9. The zero-order valence-corrected chi connectivity index (χ0v) is 18.4. The van der Waals surface area contributed by atoms with Crippen LogP contribution < -0.4 is 9.64 Å². The number of anilines is 1. The molecule has 1 aliphatic rings. The molecular weight excluding hydrogens is 408 g/mol. The lowest BCUT2D eigenvalue weighted by molar-refractivity contribution is 0.0600. The number of rotatable bonds is 10. The van der Waals surface area contributed by atoms with Gasteiger partial charge in [-0.3, -0.25) is 0 Å². The maximum Gasteiger partial charge on any atom is 0.340 e. The molecule has 0 saturated carbocycles. The van der Waals surface area contributed by atoms with Crippen LogP contribution in [0.15, 0.2) is 67.0 Å². The number of esters is 1.